The van der Waals surface area contributed by atoms with Crippen LogP contribution in [-0.4, -0.2) is 29.3 Å². The number of carbonyl (C=O) groups is 1. The van der Waals surface area contributed by atoms with Crippen molar-refractivity contribution in [1.29, 1.82) is 0 Å². The summed E-state index contributed by atoms with van der Waals surface area (Å²) in [4.78, 5) is 10.00. The van der Waals surface area contributed by atoms with Gasteiger partial charge in [0.1, 0.15) is 15.4 Å². The van der Waals surface area contributed by atoms with Crippen molar-refractivity contribution < 1.29 is 22.9 Å². The third-order valence-electron chi connectivity index (χ3n) is 0.995. The zero-order valence-electron chi connectivity index (χ0n) is 9.27. The molecule has 0 saturated heterocycles. The van der Waals surface area contributed by atoms with Gasteiger partial charge < -0.3 is 9.66 Å². The molecule has 14 heavy (non-hydrogen) atoms. The van der Waals surface area contributed by atoms with Gasteiger partial charge in [0.05, 0.1) is 0 Å². The van der Waals surface area contributed by atoms with E-state index in [0.29, 0.717) is 0 Å². The van der Waals surface area contributed by atoms with Crippen LogP contribution in [0.25, 0.3) is 0 Å². The van der Waals surface area contributed by atoms with E-state index in [1.165, 1.54) is 6.92 Å². The Morgan fingerprint density at radius 3 is 1.57 bits per heavy atom. The molecule has 0 radical (unpaired) electrons. The maximum atomic E-state index is 10.1. The Balaban J connectivity index is -0.000000266. The minimum atomic E-state index is -4.66. The summed E-state index contributed by atoms with van der Waals surface area (Å²) in [5.74, 6) is -1.59. The fraction of sp³-hybridized carbons (Fsp3) is 0.875. The van der Waals surface area contributed by atoms with E-state index in [1.54, 1.807) is 0 Å². The van der Waals surface area contributed by atoms with Crippen LogP contribution >= 0.6 is 0 Å². The van der Waals surface area contributed by atoms with E-state index in [1.807, 2.05) is 27.7 Å². The van der Waals surface area contributed by atoms with Gasteiger partial charge in [-0.05, 0) is 6.42 Å². The second kappa shape index (κ2) is 10.5. The number of rotatable bonds is 3. The van der Waals surface area contributed by atoms with Gasteiger partial charge in [-0.25, -0.2) is 8.42 Å². The third-order valence-corrected chi connectivity index (χ3v) is 2.23. The highest BCUT2D eigenvalue weighted by Crippen LogP contribution is 2.02. The Labute approximate surface area is 85.9 Å². The molecule has 88 valence electrons. The largest absolute Gasteiger partial charge is 0.747 e. The SMILES string of the molecule is CC.CC.CCC(C(=O)O)S(=O)(=O)[O-]. The summed E-state index contributed by atoms with van der Waals surface area (Å²) in [5.41, 5.74) is 0. The van der Waals surface area contributed by atoms with Crippen LogP contribution in [0, 0.1) is 0 Å². The molecule has 0 heterocycles. The summed E-state index contributed by atoms with van der Waals surface area (Å²) in [6, 6.07) is 0. The molecule has 0 spiro atoms. The molecule has 0 aromatic heterocycles. The normalized spacial score (nSPS) is 11.3. The van der Waals surface area contributed by atoms with Crippen LogP contribution in [0.15, 0.2) is 0 Å². The summed E-state index contributed by atoms with van der Waals surface area (Å²) in [5, 5.41) is 6.33. The maximum absolute atomic E-state index is 10.1. The van der Waals surface area contributed by atoms with Crippen molar-refractivity contribution in [2.45, 2.75) is 46.3 Å². The predicted molar refractivity (Wildman–Crippen MR) is 54.1 cm³/mol. The topological polar surface area (TPSA) is 94.5 Å². The summed E-state index contributed by atoms with van der Waals surface area (Å²) < 4.78 is 30.2. The minimum Gasteiger partial charge on any atom is -0.747 e. The van der Waals surface area contributed by atoms with Gasteiger partial charge in [-0.2, -0.15) is 0 Å². The zero-order valence-corrected chi connectivity index (χ0v) is 10.1. The van der Waals surface area contributed by atoms with Gasteiger partial charge in [-0.15, -0.1) is 0 Å². The molecule has 0 aromatic rings. The number of aliphatic carboxylic acids is 1. The summed E-state index contributed by atoms with van der Waals surface area (Å²) in [6.45, 7) is 9.33. The molecule has 0 saturated carbocycles. The van der Waals surface area contributed by atoms with Gasteiger partial charge in [0.25, 0.3) is 0 Å². The second-order valence-corrected chi connectivity index (χ2v) is 3.28. The number of hydrogen-bond acceptors (Lipinski definition) is 4. The van der Waals surface area contributed by atoms with E-state index < -0.39 is 21.3 Å². The van der Waals surface area contributed by atoms with Crippen molar-refractivity contribution in [1.82, 2.24) is 0 Å². The highest BCUT2D eigenvalue weighted by atomic mass is 32.2. The van der Waals surface area contributed by atoms with Crippen LogP contribution in [0.3, 0.4) is 0 Å². The van der Waals surface area contributed by atoms with E-state index in [0.717, 1.165) is 0 Å². The van der Waals surface area contributed by atoms with Gasteiger partial charge in [0.15, 0.2) is 0 Å². The highest BCUT2D eigenvalue weighted by Gasteiger charge is 2.21. The lowest BCUT2D eigenvalue weighted by molar-refractivity contribution is -0.136. The van der Waals surface area contributed by atoms with Crippen LogP contribution in [0.4, 0.5) is 0 Å². The van der Waals surface area contributed by atoms with Gasteiger partial charge in [-0.1, -0.05) is 34.6 Å². The Hall–Kier alpha value is -0.620. The van der Waals surface area contributed by atoms with Crippen molar-refractivity contribution in [3.05, 3.63) is 0 Å². The van der Waals surface area contributed by atoms with E-state index in [4.69, 9.17) is 5.11 Å². The average Bonchev–Trinajstić information content (AvgIpc) is 2.09. The van der Waals surface area contributed by atoms with Gasteiger partial charge in [0, 0.05) is 0 Å². The zero-order chi connectivity index (χ0) is 12.4. The molecule has 0 aliphatic rings. The van der Waals surface area contributed by atoms with Crippen molar-refractivity contribution in [3.8, 4) is 0 Å². The Bertz CT molecular complexity index is 220. The quantitative estimate of drug-likeness (QED) is 0.736. The molecule has 0 aliphatic heterocycles. The van der Waals surface area contributed by atoms with Crippen molar-refractivity contribution >= 4 is 16.1 Å². The lowest BCUT2D eigenvalue weighted by Crippen LogP contribution is -2.28. The van der Waals surface area contributed by atoms with Crippen molar-refractivity contribution in [3.63, 3.8) is 0 Å². The first kappa shape index (κ1) is 19.0. The first-order valence-corrected chi connectivity index (χ1v) is 6.04. The van der Waals surface area contributed by atoms with Gasteiger partial charge in [-0.3, -0.25) is 4.79 Å². The first-order chi connectivity index (χ1) is 6.39. The molecule has 5 nitrogen and oxygen atoms in total. The molecular weight excluding hydrogens is 208 g/mol. The molecule has 0 aliphatic carbocycles. The first-order valence-electron chi connectivity index (χ1n) is 4.57. The lowest BCUT2D eigenvalue weighted by atomic mass is 10.3. The molecular formula is C8H19O5S-. The molecule has 0 fully saturated rings. The Morgan fingerprint density at radius 1 is 1.29 bits per heavy atom. The van der Waals surface area contributed by atoms with Gasteiger partial charge >= 0.3 is 5.97 Å². The van der Waals surface area contributed by atoms with Crippen LogP contribution in [-0.2, 0) is 14.9 Å². The van der Waals surface area contributed by atoms with Crippen LogP contribution in [0.1, 0.15) is 41.0 Å². The van der Waals surface area contributed by atoms with Crippen LogP contribution in [0.2, 0.25) is 0 Å². The molecule has 6 heteroatoms. The molecule has 0 rings (SSSR count). The number of carboxylic acids is 1. The predicted octanol–water partition coefficient (Wildman–Crippen LogP) is 1.45. The standard InChI is InChI=1S/C4H8O5S.2C2H6/c1-2-3(4(5)6)10(7,8)9;2*1-2/h3H,2H2,1H3,(H,5,6)(H,7,8,9);2*1-2H3/p-1. The van der Waals surface area contributed by atoms with Gasteiger partial charge in [0.2, 0.25) is 0 Å². The third kappa shape index (κ3) is 9.47. The maximum Gasteiger partial charge on any atom is 0.320 e. The van der Waals surface area contributed by atoms with Crippen molar-refractivity contribution in [2.24, 2.45) is 0 Å². The van der Waals surface area contributed by atoms with E-state index in [2.05, 4.69) is 0 Å². The molecule has 0 amide bonds. The lowest BCUT2D eigenvalue weighted by Gasteiger charge is -2.13. The van der Waals surface area contributed by atoms with Crippen molar-refractivity contribution in [2.75, 3.05) is 0 Å². The smallest absolute Gasteiger partial charge is 0.320 e. The summed E-state index contributed by atoms with van der Waals surface area (Å²) in [7, 11) is -4.66. The molecule has 0 bridgehead atoms. The molecule has 1 unspecified atom stereocenters. The molecule has 1 atom stereocenters. The fourth-order valence-corrected chi connectivity index (χ4v) is 1.16. The average molecular weight is 227 g/mol. The van der Waals surface area contributed by atoms with E-state index >= 15 is 0 Å². The number of carboxylic acid groups (broad SMARTS) is 1. The summed E-state index contributed by atoms with van der Waals surface area (Å²) >= 11 is 0. The minimum absolute atomic E-state index is 0.193. The monoisotopic (exact) mass is 227 g/mol. The highest BCUT2D eigenvalue weighted by molar-refractivity contribution is 7.87. The molecule has 0 aromatic carbocycles. The molecule has 1 N–H and O–H groups in total. The number of hydrogen-bond donors (Lipinski definition) is 1. The summed E-state index contributed by atoms with van der Waals surface area (Å²) in [6.07, 6.45) is -0.193. The van der Waals surface area contributed by atoms with E-state index in [9.17, 15) is 17.8 Å². The Kier molecular flexibility index (Phi) is 14.2. The second-order valence-electron chi connectivity index (χ2n) is 1.73. The fourth-order valence-electron chi connectivity index (χ4n) is 0.502. The van der Waals surface area contributed by atoms with E-state index in [-0.39, 0.29) is 6.42 Å². The Morgan fingerprint density at radius 2 is 1.57 bits per heavy atom. The van der Waals surface area contributed by atoms with Crippen LogP contribution < -0.4 is 0 Å². The van der Waals surface area contributed by atoms with Crippen LogP contribution in [0.5, 0.6) is 0 Å².